The number of carboxylic acid groups (broad SMARTS) is 1. The summed E-state index contributed by atoms with van der Waals surface area (Å²) in [5.74, 6) is -0.589. The molecule has 80 valence electrons. The van der Waals surface area contributed by atoms with Gasteiger partial charge in [-0.2, -0.15) is 0 Å². The molecule has 0 atom stereocenters. The van der Waals surface area contributed by atoms with Gasteiger partial charge in [-0.1, -0.05) is 0 Å². The molecule has 0 amide bonds. The Labute approximate surface area is 90.2 Å². The normalized spacial score (nSPS) is 10.0. The number of hydrogen-bond donors (Lipinski definition) is 1. The van der Waals surface area contributed by atoms with Crippen LogP contribution in [-0.4, -0.2) is 31.9 Å². The van der Waals surface area contributed by atoms with Crippen LogP contribution in [0.2, 0.25) is 0 Å². The highest BCUT2D eigenvalue weighted by Crippen LogP contribution is 2.06. The van der Waals surface area contributed by atoms with E-state index < -0.39 is 5.97 Å². The lowest BCUT2D eigenvalue weighted by Crippen LogP contribution is -1.97. The van der Waals surface area contributed by atoms with Gasteiger partial charge in [0.25, 0.3) is 0 Å². The molecule has 2 heterocycles. The first kappa shape index (κ1) is 10.0. The minimum atomic E-state index is -1.09. The number of aromatic carboxylic acids is 1. The lowest BCUT2D eigenvalue weighted by atomic mass is 10.3. The van der Waals surface area contributed by atoms with E-state index in [4.69, 9.17) is 5.11 Å². The van der Waals surface area contributed by atoms with Gasteiger partial charge in [-0.05, 0) is 12.1 Å². The van der Waals surface area contributed by atoms with Crippen LogP contribution in [0.1, 0.15) is 20.8 Å². The van der Waals surface area contributed by atoms with Crippen LogP contribution in [0.25, 0.3) is 5.82 Å². The van der Waals surface area contributed by atoms with E-state index >= 15 is 0 Å². The number of imidazole rings is 1. The average molecular weight is 217 g/mol. The van der Waals surface area contributed by atoms with Crippen LogP contribution in [0.5, 0.6) is 0 Å². The van der Waals surface area contributed by atoms with Gasteiger partial charge in [0.2, 0.25) is 0 Å². The molecule has 0 aliphatic carbocycles. The van der Waals surface area contributed by atoms with Gasteiger partial charge in [-0.3, -0.25) is 9.36 Å². The molecule has 0 bridgehead atoms. The van der Waals surface area contributed by atoms with Crippen LogP contribution in [0.15, 0.2) is 30.9 Å². The molecule has 0 aromatic carbocycles. The third-order valence-electron chi connectivity index (χ3n) is 1.97. The molecule has 0 saturated heterocycles. The van der Waals surface area contributed by atoms with Crippen molar-refractivity contribution >= 4 is 12.3 Å². The molecule has 6 nitrogen and oxygen atoms in total. The summed E-state index contributed by atoms with van der Waals surface area (Å²) in [6.07, 6.45) is 4.80. The molecule has 6 heteroatoms. The van der Waals surface area contributed by atoms with Gasteiger partial charge in [-0.15, -0.1) is 0 Å². The Kier molecular flexibility index (Phi) is 2.47. The molecule has 2 aromatic rings. The standard InChI is InChI=1S/C10H7N3O3/c14-5-7-1-2-9(11-3-7)13-4-8(10(15)16)12-6-13/h1-6H,(H,15,16). The van der Waals surface area contributed by atoms with E-state index in [-0.39, 0.29) is 5.69 Å². The summed E-state index contributed by atoms with van der Waals surface area (Å²) in [4.78, 5) is 28.7. The molecular formula is C10H7N3O3. The van der Waals surface area contributed by atoms with Gasteiger partial charge in [0, 0.05) is 18.0 Å². The zero-order valence-corrected chi connectivity index (χ0v) is 8.07. The number of nitrogens with zero attached hydrogens (tertiary/aromatic N) is 3. The molecular weight excluding hydrogens is 210 g/mol. The number of hydrogen-bond acceptors (Lipinski definition) is 4. The van der Waals surface area contributed by atoms with Crippen molar-refractivity contribution in [3.8, 4) is 5.82 Å². The third kappa shape index (κ3) is 1.81. The summed E-state index contributed by atoms with van der Waals surface area (Å²) in [7, 11) is 0. The lowest BCUT2D eigenvalue weighted by Gasteiger charge is -1.99. The minimum absolute atomic E-state index is 0.0544. The first-order valence-electron chi connectivity index (χ1n) is 4.39. The quantitative estimate of drug-likeness (QED) is 0.768. The Hall–Kier alpha value is -2.50. The zero-order chi connectivity index (χ0) is 11.5. The fourth-order valence-electron chi connectivity index (χ4n) is 1.18. The average Bonchev–Trinajstić information content (AvgIpc) is 2.78. The highest BCUT2D eigenvalue weighted by molar-refractivity contribution is 5.85. The van der Waals surface area contributed by atoms with Gasteiger partial charge in [0.05, 0.1) is 0 Å². The molecule has 1 N–H and O–H groups in total. The second kappa shape index (κ2) is 3.93. The van der Waals surface area contributed by atoms with E-state index in [1.165, 1.54) is 23.3 Å². The Morgan fingerprint density at radius 3 is 2.69 bits per heavy atom. The number of carbonyl (C=O) groups excluding carboxylic acids is 1. The van der Waals surface area contributed by atoms with E-state index in [1.54, 1.807) is 12.1 Å². The lowest BCUT2D eigenvalue weighted by molar-refractivity contribution is 0.0691. The van der Waals surface area contributed by atoms with Crippen molar-refractivity contribution in [3.63, 3.8) is 0 Å². The first-order chi connectivity index (χ1) is 7.70. The predicted molar refractivity (Wildman–Crippen MR) is 53.7 cm³/mol. The molecule has 0 radical (unpaired) electrons. The van der Waals surface area contributed by atoms with Gasteiger partial charge in [0.1, 0.15) is 12.1 Å². The molecule has 2 rings (SSSR count). The molecule has 0 aliphatic rings. The van der Waals surface area contributed by atoms with E-state index in [2.05, 4.69) is 9.97 Å². The van der Waals surface area contributed by atoms with Crippen molar-refractivity contribution in [1.29, 1.82) is 0 Å². The van der Waals surface area contributed by atoms with E-state index in [9.17, 15) is 9.59 Å². The van der Waals surface area contributed by atoms with Crippen LogP contribution >= 0.6 is 0 Å². The smallest absolute Gasteiger partial charge is 0.356 e. The maximum atomic E-state index is 10.6. The van der Waals surface area contributed by atoms with E-state index in [1.807, 2.05) is 0 Å². The number of carbonyl (C=O) groups is 2. The SMILES string of the molecule is O=Cc1ccc(-n2cnc(C(=O)O)c2)nc1. The Morgan fingerprint density at radius 2 is 2.19 bits per heavy atom. The van der Waals surface area contributed by atoms with Crippen molar-refractivity contribution in [2.75, 3.05) is 0 Å². The number of carboxylic acids is 1. The predicted octanol–water partition coefficient (Wildman–Crippen LogP) is 0.778. The van der Waals surface area contributed by atoms with Crippen LogP contribution < -0.4 is 0 Å². The summed E-state index contributed by atoms with van der Waals surface area (Å²) in [6.45, 7) is 0. The maximum Gasteiger partial charge on any atom is 0.356 e. The van der Waals surface area contributed by atoms with E-state index in [0.717, 1.165) is 0 Å². The second-order valence-electron chi connectivity index (χ2n) is 3.04. The second-order valence-corrected chi connectivity index (χ2v) is 3.04. The number of aldehydes is 1. The molecule has 0 unspecified atom stereocenters. The number of pyridine rings is 1. The Morgan fingerprint density at radius 1 is 1.38 bits per heavy atom. The van der Waals surface area contributed by atoms with Crippen LogP contribution in [0, 0.1) is 0 Å². The van der Waals surface area contributed by atoms with Gasteiger partial charge in [0.15, 0.2) is 12.0 Å². The highest BCUT2D eigenvalue weighted by atomic mass is 16.4. The molecule has 0 spiro atoms. The fourth-order valence-corrected chi connectivity index (χ4v) is 1.18. The van der Waals surface area contributed by atoms with Crippen molar-refractivity contribution in [3.05, 3.63) is 42.1 Å². The van der Waals surface area contributed by atoms with E-state index in [0.29, 0.717) is 17.7 Å². The maximum absolute atomic E-state index is 10.6. The number of aromatic nitrogens is 3. The molecule has 16 heavy (non-hydrogen) atoms. The summed E-state index contributed by atoms with van der Waals surface area (Å²) in [5, 5.41) is 8.68. The summed E-state index contributed by atoms with van der Waals surface area (Å²) in [6, 6.07) is 3.20. The van der Waals surface area contributed by atoms with Crippen molar-refractivity contribution in [1.82, 2.24) is 14.5 Å². The molecule has 2 aromatic heterocycles. The third-order valence-corrected chi connectivity index (χ3v) is 1.97. The number of rotatable bonds is 3. The van der Waals surface area contributed by atoms with Crippen LogP contribution in [0.4, 0.5) is 0 Å². The monoisotopic (exact) mass is 217 g/mol. The summed E-state index contributed by atoms with van der Waals surface area (Å²) >= 11 is 0. The van der Waals surface area contributed by atoms with Crippen LogP contribution in [0.3, 0.4) is 0 Å². The van der Waals surface area contributed by atoms with Gasteiger partial charge >= 0.3 is 5.97 Å². The Bertz CT molecular complexity index is 530. The van der Waals surface area contributed by atoms with Crippen molar-refractivity contribution in [2.24, 2.45) is 0 Å². The zero-order valence-electron chi connectivity index (χ0n) is 8.07. The summed E-state index contributed by atoms with van der Waals surface area (Å²) < 4.78 is 1.47. The molecule has 0 saturated carbocycles. The van der Waals surface area contributed by atoms with Gasteiger partial charge in [-0.25, -0.2) is 14.8 Å². The fraction of sp³-hybridized carbons (Fsp3) is 0. The summed E-state index contributed by atoms with van der Waals surface area (Å²) in [5.41, 5.74) is 0.406. The van der Waals surface area contributed by atoms with Crippen LogP contribution in [-0.2, 0) is 0 Å². The van der Waals surface area contributed by atoms with Gasteiger partial charge < -0.3 is 5.11 Å². The first-order valence-corrected chi connectivity index (χ1v) is 4.39. The highest BCUT2D eigenvalue weighted by Gasteiger charge is 2.07. The largest absolute Gasteiger partial charge is 0.476 e. The molecule has 0 fully saturated rings. The Balaban J connectivity index is 2.35. The van der Waals surface area contributed by atoms with Crippen molar-refractivity contribution < 1.29 is 14.7 Å². The minimum Gasteiger partial charge on any atom is -0.476 e. The molecule has 0 aliphatic heterocycles. The van der Waals surface area contributed by atoms with Crippen molar-refractivity contribution in [2.45, 2.75) is 0 Å². The topological polar surface area (TPSA) is 85.1 Å².